The summed E-state index contributed by atoms with van der Waals surface area (Å²) in [7, 11) is 3.05. The van der Waals surface area contributed by atoms with Crippen LogP contribution in [0.2, 0.25) is 0 Å². The molecule has 0 aliphatic rings. The third-order valence-electron chi connectivity index (χ3n) is 3.92. The molecule has 0 aliphatic heterocycles. The first-order valence-corrected chi connectivity index (χ1v) is 7.64. The molecule has 0 spiro atoms. The number of esters is 1. The molecule has 0 radical (unpaired) electrons. The molecule has 0 aliphatic carbocycles. The lowest BCUT2D eigenvalue weighted by Crippen LogP contribution is -2.31. The molecule has 2 aromatic rings. The van der Waals surface area contributed by atoms with Gasteiger partial charge in [-0.15, -0.1) is 0 Å². The number of ether oxygens (including phenoxy) is 2. The number of benzene rings is 2. The summed E-state index contributed by atoms with van der Waals surface area (Å²) in [5, 5.41) is 3.46. The Bertz CT molecular complexity index is 610. The maximum absolute atomic E-state index is 12.0. The van der Waals surface area contributed by atoms with Crippen molar-refractivity contribution in [2.75, 3.05) is 14.2 Å². The quantitative estimate of drug-likeness (QED) is 0.797. The van der Waals surface area contributed by atoms with Crippen molar-refractivity contribution in [3.8, 4) is 5.75 Å². The first-order valence-electron chi connectivity index (χ1n) is 7.64. The maximum Gasteiger partial charge on any atom is 0.310 e. The van der Waals surface area contributed by atoms with Gasteiger partial charge < -0.3 is 14.8 Å². The fourth-order valence-corrected chi connectivity index (χ4v) is 2.54. The Morgan fingerprint density at radius 2 is 1.70 bits per heavy atom. The molecule has 0 saturated heterocycles. The fraction of sp³-hybridized carbons (Fsp3) is 0.316. The van der Waals surface area contributed by atoms with E-state index in [1.807, 2.05) is 49.4 Å². The number of nitrogens with one attached hydrogen (secondary N) is 1. The SMILES string of the molecule is COC(=O)C(C)C(NCc1ccccc1)c1ccc(OC)cc1. The van der Waals surface area contributed by atoms with E-state index in [1.54, 1.807) is 7.11 Å². The zero-order chi connectivity index (χ0) is 16.7. The highest BCUT2D eigenvalue weighted by molar-refractivity contribution is 5.73. The molecule has 0 fully saturated rings. The predicted molar refractivity (Wildman–Crippen MR) is 90.2 cm³/mol. The number of carbonyl (C=O) groups excluding carboxylic acids is 1. The molecule has 0 saturated carbocycles. The number of carbonyl (C=O) groups is 1. The molecule has 0 amide bonds. The standard InChI is InChI=1S/C19H23NO3/c1-14(19(21)23-3)18(16-9-11-17(22-2)12-10-16)20-13-15-7-5-4-6-8-15/h4-12,14,18,20H,13H2,1-3H3. The average Bonchev–Trinajstić information content (AvgIpc) is 2.62. The molecule has 2 rings (SSSR count). The van der Waals surface area contributed by atoms with E-state index in [9.17, 15) is 4.79 Å². The van der Waals surface area contributed by atoms with E-state index in [4.69, 9.17) is 9.47 Å². The molecular formula is C19H23NO3. The largest absolute Gasteiger partial charge is 0.497 e. The third kappa shape index (κ3) is 4.57. The van der Waals surface area contributed by atoms with Crippen LogP contribution in [0.5, 0.6) is 5.75 Å². The van der Waals surface area contributed by atoms with Crippen LogP contribution < -0.4 is 10.1 Å². The zero-order valence-corrected chi connectivity index (χ0v) is 13.8. The summed E-state index contributed by atoms with van der Waals surface area (Å²) in [6.07, 6.45) is 0. The van der Waals surface area contributed by atoms with Gasteiger partial charge in [0, 0.05) is 12.6 Å². The number of hydrogen-bond acceptors (Lipinski definition) is 4. The summed E-state index contributed by atoms with van der Waals surface area (Å²) in [6.45, 7) is 2.55. The van der Waals surface area contributed by atoms with Crippen LogP contribution in [-0.2, 0) is 16.1 Å². The van der Waals surface area contributed by atoms with E-state index in [-0.39, 0.29) is 17.9 Å². The van der Waals surface area contributed by atoms with Gasteiger partial charge in [0.25, 0.3) is 0 Å². The topological polar surface area (TPSA) is 47.6 Å². The van der Waals surface area contributed by atoms with Gasteiger partial charge in [-0.25, -0.2) is 0 Å². The minimum Gasteiger partial charge on any atom is -0.497 e. The Labute approximate surface area is 137 Å². The number of hydrogen-bond donors (Lipinski definition) is 1. The predicted octanol–water partition coefficient (Wildman–Crippen LogP) is 3.34. The Morgan fingerprint density at radius 1 is 1.04 bits per heavy atom. The van der Waals surface area contributed by atoms with Crippen molar-refractivity contribution in [2.24, 2.45) is 5.92 Å². The number of rotatable bonds is 7. The van der Waals surface area contributed by atoms with Crippen LogP contribution in [0, 0.1) is 5.92 Å². The van der Waals surface area contributed by atoms with Crippen LogP contribution in [0.15, 0.2) is 54.6 Å². The summed E-state index contributed by atoms with van der Waals surface area (Å²) < 4.78 is 10.1. The Balaban J connectivity index is 2.18. The lowest BCUT2D eigenvalue weighted by atomic mass is 9.94. The summed E-state index contributed by atoms with van der Waals surface area (Å²) in [5.41, 5.74) is 2.20. The second-order valence-electron chi connectivity index (χ2n) is 5.43. The molecule has 0 bridgehead atoms. The van der Waals surface area contributed by atoms with Crippen LogP contribution in [0.4, 0.5) is 0 Å². The maximum atomic E-state index is 12.0. The monoisotopic (exact) mass is 313 g/mol. The van der Waals surface area contributed by atoms with Gasteiger partial charge in [0.15, 0.2) is 0 Å². The first kappa shape index (κ1) is 17.0. The van der Waals surface area contributed by atoms with Crippen LogP contribution in [0.3, 0.4) is 0 Å². The lowest BCUT2D eigenvalue weighted by molar-refractivity contribution is -0.145. The molecule has 4 heteroatoms. The highest BCUT2D eigenvalue weighted by Crippen LogP contribution is 2.25. The Morgan fingerprint density at radius 3 is 2.26 bits per heavy atom. The zero-order valence-electron chi connectivity index (χ0n) is 13.8. The van der Waals surface area contributed by atoms with Crippen LogP contribution >= 0.6 is 0 Å². The summed E-state index contributed by atoms with van der Waals surface area (Å²) in [5.74, 6) is 0.268. The van der Waals surface area contributed by atoms with E-state index in [0.717, 1.165) is 11.3 Å². The van der Waals surface area contributed by atoms with Crippen LogP contribution in [-0.4, -0.2) is 20.2 Å². The molecule has 2 unspecified atom stereocenters. The summed E-state index contributed by atoms with van der Waals surface area (Å²) in [6, 6.07) is 17.7. The van der Waals surface area contributed by atoms with Crippen LogP contribution in [0.25, 0.3) is 0 Å². The van der Waals surface area contributed by atoms with Gasteiger partial charge >= 0.3 is 5.97 Å². The second kappa shape index (κ2) is 8.34. The fourth-order valence-electron chi connectivity index (χ4n) is 2.54. The second-order valence-corrected chi connectivity index (χ2v) is 5.43. The molecule has 0 heterocycles. The lowest BCUT2D eigenvalue weighted by Gasteiger charge is -2.24. The van der Waals surface area contributed by atoms with Crippen molar-refractivity contribution in [3.05, 3.63) is 65.7 Å². The average molecular weight is 313 g/mol. The Kier molecular flexibility index (Phi) is 6.18. The van der Waals surface area contributed by atoms with Crippen LogP contribution in [0.1, 0.15) is 24.1 Å². The third-order valence-corrected chi connectivity index (χ3v) is 3.92. The van der Waals surface area contributed by atoms with Crippen molar-refractivity contribution >= 4 is 5.97 Å². The van der Waals surface area contributed by atoms with E-state index in [1.165, 1.54) is 12.7 Å². The minimum absolute atomic E-state index is 0.131. The molecule has 2 aromatic carbocycles. The summed E-state index contributed by atoms with van der Waals surface area (Å²) in [4.78, 5) is 12.0. The summed E-state index contributed by atoms with van der Waals surface area (Å²) >= 11 is 0. The van der Waals surface area contributed by atoms with E-state index in [2.05, 4.69) is 17.4 Å². The van der Waals surface area contributed by atoms with Gasteiger partial charge in [-0.05, 0) is 23.3 Å². The van der Waals surface area contributed by atoms with Crippen molar-refractivity contribution in [1.29, 1.82) is 0 Å². The number of methoxy groups -OCH3 is 2. The molecule has 2 atom stereocenters. The molecule has 0 aromatic heterocycles. The smallest absolute Gasteiger partial charge is 0.310 e. The normalized spacial score (nSPS) is 13.2. The molecular weight excluding hydrogens is 290 g/mol. The van der Waals surface area contributed by atoms with Gasteiger partial charge in [-0.1, -0.05) is 49.4 Å². The van der Waals surface area contributed by atoms with Gasteiger partial charge in [0.1, 0.15) is 5.75 Å². The van der Waals surface area contributed by atoms with Gasteiger partial charge in [-0.3, -0.25) is 4.79 Å². The minimum atomic E-state index is -0.294. The van der Waals surface area contributed by atoms with Crippen molar-refractivity contribution in [1.82, 2.24) is 5.32 Å². The van der Waals surface area contributed by atoms with Crippen molar-refractivity contribution in [2.45, 2.75) is 19.5 Å². The van der Waals surface area contributed by atoms with E-state index < -0.39 is 0 Å². The van der Waals surface area contributed by atoms with Gasteiger partial charge in [0.05, 0.1) is 20.1 Å². The Hall–Kier alpha value is -2.33. The first-order chi connectivity index (χ1) is 11.2. The highest BCUT2D eigenvalue weighted by Gasteiger charge is 2.26. The van der Waals surface area contributed by atoms with Gasteiger partial charge in [-0.2, -0.15) is 0 Å². The molecule has 1 N–H and O–H groups in total. The van der Waals surface area contributed by atoms with E-state index >= 15 is 0 Å². The van der Waals surface area contributed by atoms with Crippen molar-refractivity contribution < 1.29 is 14.3 Å². The van der Waals surface area contributed by atoms with E-state index in [0.29, 0.717) is 6.54 Å². The van der Waals surface area contributed by atoms with Gasteiger partial charge in [0.2, 0.25) is 0 Å². The highest BCUT2D eigenvalue weighted by atomic mass is 16.5. The molecule has 4 nitrogen and oxygen atoms in total. The molecule has 122 valence electrons. The molecule has 23 heavy (non-hydrogen) atoms. The van der Waals surface area contributed by atoms with Crippen molar-refractivity contribution in [3.63, 3.8) is 0 Å².